The molecule has 2 aromatic rings. The van der Waals surface area contributed by atoms with Gasteiger partial charge < -0.3 is 14.9 Å². The van der Waals surface area contributed by atoms with Crippen LogP contribution in [0.4, 0.5) is 0 Å². The van der Waals surface area contributed by atoms with E-state index in [2.05, 4.69) is 0 Å². The molecule has 0 bridgehead atoms. The van der Waals surface area contributed by atoms with Gasteiger partial charge in [0.25, 0.3) is 0 Å². The fraction of sp³-hybridized carbons (Fsp3) is 0.391. The van der Waals surface area contributed by atoms with Crippen molar-refractivity contribution in [2.75, 3.05) is 13.2 Å². The highest BCUT2D eigenvalue weighted by Crippen LogP contribution is 2.29. The molecule has 2 amide bonds. The average Bonchev–Trinajstić information content (AvgIpc) is 2.72. The predicted octanol–water partition coefficient (Wildman–Crippen LogP) is 3.15. The summed E-state index contributed by atoms with van der Waals surface area (Å²) >= 11 is 0. The van der Waals surface area contributed by atoms with Crippen molar-refractivity contribution < 1.29 is 14.7 Å². The van der Waals surface area contributed by atoms with E-state index in [0.29, 0.717) is 25.8 Å². The quantitative estimate of drug-likeness (QED) is 0.716. The van der Waals surface area contributed by atoms with Gasteiger partial charge >= 0.3 is 0 Å². The third kappa shape index (κ3) is 4.60. The minimum Gasteiger partial charge on any atom is -0.396 e. The minimum atomic E-state index is -0.494. The third-order valence-corrected chi connectivity index (χ3v) is 5.35. The summed E-state index contributed by atoms with van der Waals surface area (Å²) in [5.74, 6) is -0.0370. The number of nitrogens with zero attached hydrogens (tertiary/aromatic N) is 2. The minimum absolute atomic E-state index is 0.0100. The number of amides is 2. The lowest BCUT2D eigenvalue weighted by molar-refractivity contribution is -0.159. The Labute approximate surface area is 166 Å². The topological polar surface area (TPSA) is 60.9 Å². The Kier molecular flexibility index (Phi) is 6.82. The van der Waals surface area contributed by atoms with Gasteiger partial charge in [-0.15, -0.1) is 0 Å². The van der Waals surface area contributed by atoms with Crippen LogP contribution < -0.4 is 0 Å². The molecule has 0 spiro atoms. The van der Waals surface area contributed by atoms with Crippen molar-refractivity contribution >= 4 is 11.8 Å². The zero-order valence-corrected chi connectivity index (χ0v) is 16.3. The molecule has 2 aromatic carbocycles. The van der Waals surface area contributed by atoms with Gasteiger partial charge in [0.2, 0.25) is 11.8 Å². The maximum Gasteiger partial charge on any atom is 0.246 e. The van der Waals surface area contributed by atoms with E-state index in [4.69, 9.17) is 5.11 Å². The Bertz CT molecular complexity index is 779. The summed E-state index contributed by atoms with van der Waals surface area (Å²) in [6, 6.07) is 18.9. The van der Waals surface area contributed by atoms with Crippen LogP contribution in [0.25, 0.3) is 0 Å². The third-order valence-electron chi connectivity index (χ3n) is 5.35. The Hall–Kier alpha value is -2.66. The molecule has 1 N–H and O–H groups in total. The lowest BCUT2D eigenvalue weighted by Gasteiger charge is -2.43. The molecule has 0 aromatic heterocycles. The monoisotopic (exact) mass is 380 g/mol. The molecule has 1 aliphatic rings. The molecule has 1 fully saturated rings. The van der Waals surface area contributed by atoms with Crippen LogP contribution in [0.1, 0.15) is 43.4 Å². The van der Waals surface area contributed by atoms with E-state index in [1.807, 2.05) is 67.6 Å². The van der Waals surface area contributed by atoms with Gasteiger partial charge in [-0.05, 0) is 37.3 Å². The zero-order chi connectivity index (χ0) is 19.9. The zero-order valence-electron chi connectivity index (χ0n) is 16.3. The molecule has 0 aliphatic carbocycles. The van der Waals surface area contributed by atoms with Gasteiger partial charge in [-0.25, -0.2) is 0 Å². The van der Waals surface area contributed by atoms with Crippen LogP contribution in [0.15, 0.2) is 60.7 Å². The molecular weight excluding hydrogens is 352 g/mol. The van der Waals surface area contributed by atoms with Gasteiger partial charge in [-0.1, -0.05) is 60.7 Å². The summed E-state index contributed by atoms with van der Waals surface area (Å²) in [5, 5.41) is 9.14. The van der Waals surface area contributed by atoms with Gasteiger partial charge in [0.05, 0.1) is 6.04 Å². The molecule has 1 aliphatic heterocycles. The Morgan fingerprint density at radius 2 is 1.64 bits per heavy atom. The molecule has 28 heavy (non-hydrogen) atoms. The van der Waals surface area contributed by atoms with Gasteiger partial charge in [0.15, 0.2) is 0 Å². The van der Waals surface area contributed by atoms with Crippen molar-refractivity contribution in [3.8, 4) is 0 Å². The first kappa shape index (κ1) is 20.1. The second-order valence-electron chi connectivity index (χ2n) is 7.30. The molecule has 3 rings (SSSR count). The van der Waals surface area contributed by atoms with Crippen molar-refractivity contribution in [3.63, 3.8) is 0 Å². The highest BCUT2D eigenvalue weighted by Gasteiger charge is 2.41. The largest absolute Gasteiger partial charge is 0.396 e. The van der Waals surface area contributed by atoms with E-state index in [1.54, 1.807) is 9.80 Å². The highest BCUT2D eigenvalue weighted by atomic mass is 16.3. The fourth-order valence-electron chi connectivity index (χ4n) is 3.85. The van der Waals surface area contributed by atoms with Crippen LogP contribution in [-0.4, -0.2) is 45.9 Å². The fourth-order valence-corrected chi connectivity index (χ4v) is 3.85. The van der Waals surface area contributed by atoms with E-state index < -0.39 is 6.04 Å². The lowest BCUT2D eigenvalue weighted by atomic mass is 9.98. The van der Waals surface area contributed by atoms with Crippen molar-refractivity contribution in [2.24, 2.45) is 0 Å². The van der Waals surface area contributed by atoms with Crippen LogP contribution in [0.5, 0.6) is 0 Å². The van der Waals surface area contributed by atoms with Crippen molar-refractivity contribution in [1.82, 2.24) is 9.80 Å². The first-order valence-electron chi connectivity index (χ1n) is 9.91. The smallest absolute Gasteiger partial charge is 0.246 e. The predicted molar refractivity (Wildman–Crippen MR) is 108 cm³/mol. The second-order valence-corrected chi connectivity index (χ2v) is 7.30. The summed E-state index contributed by atoms with van der Waals surface area (Å²) in [6.45, 7) is 2.61. The molecule has 5 heteroatoms. The molecule has 5 nitrogen and oxygen atoms in total. The van der Waals surface area contributed by atoms with E-state index >= 15 is 0 Å². The number of carbonyl (C=O) groups excluding carboxylic acids is 2. The Morgan fingerprint density at radius 1 is 1.00 bits per heavy atom. The molecule has 0 saturated carbocycles. The molecule has 2 atom stereocenters. The van der Waals surface area contributed by atoms with Crippen LogP contribution in [-0.2, 0) is 16.1 Å². The summed E-state index contributed by atoms with van der Waals surface area (Å²) in [6.07, 6.45) is 1.90. The lowest BCUT2D eigenvalue weighted by Crippen LogP contribution is -2.60. The standard InChI is InChI=1S/C23H28N2O3/c1-18(20-12-6-3-7-13-20)25-21(14-8-9-15-26)23(28)24(17-22(25)27)16-19-10-4-2-5-11-19/h2-7,10-13,18,21,26H,8-9,14-17H2,1H3/t18-,21-/m0/s1. The number of rotatable bonds is 8. The Balaban J connectivity index is 1.83. The average molecular weight is 380 g/mol. The van der Waals surface area contributed by atoms with Crippen molar-refractivity contribution in [2.45, 2.75) is 44.8 Å². The SMILES string of the molecule is C[C@@H](c1ccccc1)N1C(=O)CN(Cc2ccccc2)C(=O)[C@@H]1CCCCO. The molecule has 0 unspecified atom stereocenters. The van der Waals surface area contributed by atoms with E-state index in [9.17, 15) is 9.59 Å². The second kappa shape index (κ2) is 9.51. The molecule has 148 valence electrons. The molecule has 1 heterocycles. The van der Waals surface area contributed by atoms with Gasteiger partial charge in [-0.2, -0.15) is 0 Å². The Morgan fingerprint density at radius 3 is 2.29 bits per heavy atom. The van der Waals surface area contributed by atoms with Crippen LogP contribution >= 0.6 is 0 Å². The number of benzene rings is 2. The first-order chi connectivity index (χ1) is 13.6. The van der Waals surface area contributed by atoms with Gasteiger partial charge in [0.1, 0.15) is 12.6 Å². The number of unbranched alkanes of at least 4 members (excludes halogenated alkanes) is 1. The van der Waals surface area contributed by atoms with Crippen molar-refractivity contribution in [3.05, 3.63) is 71.8 Å². The van der Waals surface area contributed by atoms with Crippen LogP contribution in [0.2, 0.25) is 0 Å². The normalized spacial score (nSPS) is 18.4. The number of aliphatic hydroxyl groups excluding tert-OH is 1. The van der Waals surface area contributed by atoms with Gasteiger partial charge in [0, 0.05) is 13.2 Å². The van der Waals surface area contributed by atoms with E-state index in [0.717, 1.165) is 11.1 Å². The number of piperazine rings is 1. The first-order valence-corrected chi connectivity index (χ1v) is 9.91. The van der Waals surface area contributed by atoms with Crippen LogP contribution in [0, 0.1) is 0 Å². The van der Waals surface area contributed by atoms with E-state index in [1.165, 1.54) is 0 Å². The summed E-state index contributed by atoms with van der Waals surface area (Å²) in [4.78, 5) is 29.8. The summed E-state index contributed by atoms with van der Waals surface area (Å²) in [5.41, 5.74) is 2.04. The van der Waals surface area contributed by atoms with Gasteiger partial charge in [-0.3, -0.25) is 9.59 Å². The molecular formula is C23H28N2O3. The van der Waals surface area contributed by atoms with Crippen LogP contribution in [0.3, 0.4) is 0 Å². The number of aliphatic hydroxyl groups is 1. The summed E-state index contributed by atoms with van der Waals surface area (Å²) < 4.78 is 0. The van der Waals surface area contributed by atoms with Crippen molar-refractivity contribution in [1.29, 1.82) is 0 Å². The highest BCUT2D eigenvalue weighted by molar-refractivity contribution is 5.95. The molecule has 1 saturated heterocycles. The maximum atomic E-state index is 13.3. The van der Waals surface area contributed by atoms with E-state index in [-0.39, 0.29) is 31.0 Å². The number of hydrogen-bond donors (Lipinski definition) is 1. The molecule has 0 radical (unpaired) electrons. The number of hydrogen-bond acceptors (Lipinski definition) is 3. The maximum absolute atomic E-state index is 13.3. The summed E-state index contributed by atoms with van der Waals surface area (Å²) in [7, 11) is 0. The number of carbonyl (C=O) groups is 2.